The Labute approximate surface area is 148 Å². The molecule has 2 aromatic rings. The Morgan fingerprint density at radius 3 is 2.52 bits per heavy atom. The first kappa shape index (κ1) is 17.5. The zero-order valence-electron chi connectivity index (χ0n) is 14.9. The van der Waals surface area contributed by atoms with Crippen LogP contribution in [0.15, 0.2) is 36.4 Å². The van der Waals surface area contributed by atoms with Crippen LogP contribution in [0.1, 0.15) is 24.6 Å². The van der Waals surface area contributed by atoms with Gasteiger partial charge in [-0.25, -0.2) is 0 Å². The number of aryl methyl sites for hydroxylation is 2. The van der Waals surface area contributed by atoms with Gasteiger partial charge < -0.3 is 14.9 Å². The van der Waals surface area contributed by atoms with Crippen molar-refractivity contribution >= 4 is 11.7 Å². The Morgan fingerprint density at radius 2 is 1.92 bits per heavy atom. The number of piperazine rings is 1. The van der Waals surface area contributed by atoms with Crippen LogP contribution in [0.25, 0.3) is 0 Å². The molecule has 1 saturated heterocycles. The van der Waals surface area contributed by atoms with Gasteiger partial charge in [0.25, 0.3) is 5.91 Å². The summed E-state index contributed by atoms with van der Waals surface area (Å²) in [6.07, 6.45) is 1.11. The molecule has 2 N–H and O–H groups in total. The van der Waals surface area contributed by atoms with Crippen molar-refractivity contribution in [2.24, 2.45) is 0 Å². The minimum absolute atomic E-state index is 0.179. The van der Waals surface area contributed by atoms with Crippen LogP contribution in [0, 0.1) is 6.92 Å². The number of carbonyl (C=O) groups excluding carboxylic acids is 1. The molecule has 1 aliphatic heterocycles. The first-order chi connectivity index (χ1) is 12.0. The summed E-state index contributed by atoms with van der Waals surface area (Å²) in [5.41, 5.74) is 0.827. The molecule has 6 nitrogen and oxygen atoms in total. The number of hydrogen-bond acceptors (Lipinski definition) is 4. The monoisotopic (exact) mass is 342 g/mol. The topological polar surface area (TPSA) is 72.5 Å². The van der Waals surface area contributed by atoms with E-state index >= 15 is 0 Å². The highest BCUT2D eigenvalue weighted by Crippen LogP contribution is 2.20. The molecule has 1 aromatic carbocycles. The second-order valence-corrected chi connectivity index (χ2v) is 6.95. The van der Waals surface area contributed by atoms with E-state index in [9.17, 15) is 9.90 Å². The van der Waals surface area contributed by atoms with Crippen LogP contribution in [0.5, 0.6) is 0 Å². The fraction of sp³-hybridized carbons (Fsp3) is 0.474. The number of carbonyl (C=O) groups is 1. The highest BCUT2D eigenvalue weighted by Gasteiger charge is 2.35. The molecule has 0 bridgehead atoms. The molecule has 0 aliphatic carbocycles. The lowest BCUT2D eigenvalue weighted by Crippen LogP contribution is -2.55. The lowest BCUT2D eigenvalue weighted by molar-refractivity contribution is -0.150. The van der Waals surface area contributed by atoms with Gasteiger partial charge in [0.2, 0.25) is 0 Å². The van der Waals surface area contributed by atoms with Gasteiger partial charge >= 0.3 is 0 Å². The molecule has 6 heteroatoms. The van der Waals surface area contributed by atoms with E-state index in [1.54, 1.807) is 11.8 Å². The minimum Gasteiger partial charge on any atom is -0.380 e. The average molecular weight is 342 g/mol. The fourth-order valence-electron chi connectivity index (χ4n) is 3.18. The summed E-state index contributed by atoms with van der Waals surface area (Å²) in [6.45, 7) is 6.26. The quantitative estimate of drug-likeness (QED) is 0.868. The molecule has 3 rings (SSSR count). The molecular formula is C19H26N4O2. The van der Waals surface area contributed by atoms with Gasteiger partial charge in [0.15, 0.2) is 5.82 Å². The average Bonchev–Trinajstić information content (AvgIpc) is 3.07. The Bertz CT molecular complexity index is 703. The predicted octanol–water partition coefficient (Wildman–Crippen LogP) is 1.75. The van der Waals surface area contributed by atoms with Gasteiger partial charge in [-0.2, -0.15) is 5.10 Å². The second kappa shape index (κ2) is 7.27. The SMILES string of the molecule is Cc1cc(N2CCN(C(=O)[C@](C)(O)CCc3ccccc3)CC2)n[nH]1. The number of nitrogens with one attached hydrogen (secondary N) is 1. The summed E-state index contributed by atoms with van der Waals surface area (Å²) in [6, 6.07) is 12.0. The summed E-state index contributed by atoms with van der Waals surface area (Å²) >= 11 is 0. The van der Waals surface area contributed by atoms with Gasteiger partial charge in [0.05, 0.1) is 0 Å². The molecule has 1 aromatic heterocycles. The van der Waals surface area contributed by atoms with Crippen LogP contribution >= 0.6 is 0 Å². The molecule has 25 heavy (non-hydrogen) atoms. The third kappa shape index (κ3) is 4.20. The molecule has 0 saturated carbocycles. The molecule has 0 unspecified atom stereocenters. The molecule has 0 spiro atoms. The van der Waals surface area contributed by atoms with Crippen molar-refractivity contribution in [3.05, 3.63) is 47.7 Å². The zero-order chi connectivity index (χ0) is 17.9. The molecule has 1 fully saturated rings. The number of benzene rings is 1. The Hall–Kier alpha value is -2.34. The van der Waals surface area contributed by atoms with Gasteiger partial charge in [0, 0.05) is 37.9 Å². The number of nitrogens with zero attached hydrogens (tertiary/aromatic N) is 3. The van der Waals surface area contributed by atoms with Crippen molar-refractivity contribution in [3.8, 4) is 0 Å². The minimum atomic E-state index is -1.33. The maximum Gasteiger partial charge on any atom is 0.254 e. The van der Waals surface area contributed by atoms with Crippen molar-refractivity contribution in [1.29, 1.82) is 0 Å². The van der Waals surface area contributed by atoms with Gasteiger partial charge in [0.1, 0.15) is 5.60 Å². The lowest BCUT2D eigenvalue weighted by Gasteiger charge is -2.38. The van der Waals surface area contributed by atoms with Crippen LogP contribution in [-0.4, -0.2) is 57.9 Å². The van der Waals surface area contributed by atoms with E-state index in [0.29, 0.717) is 25.9 Å². The highest BCUT2D eigenvalue weighted by atomic mass is 16.3. The van der Waals surface area contributed by atoms with E-state index in [4.69, 9.17) is 0 Å². The first-order valence-corrected chi connectivity index (χ1v) is 8.78. The van der Waals surface area contributed by atoms with E-state index in [2.05, 4.69) is 15.1 Å². The zero-order valence-corrected chi connectivity index (χ0v) is 14.9. The van der Waals surface area contributed by atoms with Crippen LogP contribution in [0.3, 0.4) is 0 Å². The predicted molar refractivity (Wildman–Crippen MR) is 97.5 cm³/mol. The van der Waals surface area contributed by atoms with Crippen molar-refractivity contribution in [2.45, 2.75) is 32.3 Å². The van der Waals surface area contributed by atoms with Crippen molar-refractivity contribution in [3.63, 3.8) is 0 Å². The van der Waals surface area contributed by atoms with Gasteiger partial charge in [-0.1, -0.05) is 30.3 Å². The smallest absolute Gasteiger partial charge is 0.254 e. The van der Waals surface area contributed by atoms with Crippen molar-refractivity contribution in [1.82, 2.24) is 15.1 Å². The number of aromatic nitrogens is 2. The third-order valence-electron chi connectivity index (χ3n) is 4.79. The summed E-state index contributed by atoms with van der Waals surface area (Å²) in [4.78, 5) is 16.6. The van der Waals surface area contributed by atoms with Crippen molar-refractivity contribution in [2.75, 3.05) is 31.1 Å². The normalized spacial score (nSPS) is 17.4. The van der Waals surface area contributed by atoms with E-state index in [1.165, 1.54) is 0 Å². The van der Waals surface area contributed by atoms with Crippen LogP contribution in [0.2, 0.25) is 0 Å². The molecule has 134 valence electrons. The summed E-state index contributed by atoms with van der Waals surface area (Å²) in [5.74, 6) is 0.738. The Morgan fingerprint density at radius 1 is 1.24 bits per heavy atom. The molecular weight excluding hydrogens is 316 g/mol. The van der Waals surface area contributed by atoms with E-state index in [0.717, 1.165) is 30.2 Å². The van der Waals surface area contributed by atoms with Crippen molar-refractivity contribution < 1.29 is 9.90 Å². The summed E-state index contributed by atoms with van der Waals surface area (Å²) < 4.78 is 0. The standard InChI is InChI=1S/C19H26N4O2/c1-15-14-17(21-20-15)22-10-12-23(13-11-22)18(24)19(2,25)9-8-16-6-4-3-5-7-16/h3-7,14,25H,8-13H2,1-2H3,(H,20,21)/t19-/m1/s1. The number of aromatic amines is 1. The third-order valence-corrected chi connectivity index (χ3v) is 4.79. The molecule has 1 aliphatic rings. The molecule has 1 atom stereocenters. The van der Waals surface area contributed by atoms with E-state index < -0.39 is 5.60 Å². The largest absolute Gasteiger partial charge is 0.380 e. The van der Waals surface area contributed by atoms with Gasteiger partial charge in [-0.3, -0.25) is 9.89 Å². The molecule has 1 amide bonds. The molecule has 0 radical (unpaired) electrons. The number of hydrogen-bond donors (Lipinski definition) is 2. The Balaban J connectivity index is 1.54. The van der Waals surface area contributed by atoms with Gasteiger partial charge in [-0.05, 0) is 32.3 Å². The van der Waals surface area contributed by atoms with Gasteiger partial charge in [-0.15, -0.1) is 0 Å². The molecule has 2 heterocycles. The number of aliphatic hydroxyl groups is 1. The summed E-state index contributed by atoms with van der Waals surface area (Å²) in [5, 5.41) is 17.9. The Kier molecular flexibility index (Phi) is 5.08. The van der Waals surface area contributed by atoms with Crippen LogP contribution in [-0.2, 0) is 11.2 Å². The highest BCUT2D eigenvalue weighted by molar-refractivity contribution is 5.84. The first-order valence-electron chi connectivity index (χ1n) is 8.78. The summed E-state index contributed by atoms with van der Waals surface area (Å²) in [7, 11) is 0. The lowest BCUT2D eigenvalue weighted by atomic mass is 9.95. The number of rotatable bonds is 5. The number of H-pyrrole nitrogens is 1. The van der Waals surface area contributed by atoms with E-state index in [1.807, 2.05) is 43.3 Å². The maximum absolute atomic E-state index is 12.7. The van der Waals surface area contributed by atoms with E-state index in [-0.39, 0.29) is 5.91 Å². The second-order valence-electron chi connectivity index (χ2n) is 6.95. The van der Waals surface area contributed by atoms with Crippen LogP contribution in [0.4, 0.5) is 5.82 Å². The maximum atomic E-state index is 12.7. The fourth-order valence-corrected chi connectivity index (χ4v) is 3.18. The number of amides is 1. The number of anilines is 1. The van der Waals surface area contributed by atoms with Crippen LogP contribution < -0.4 is 4.90 Å².